The lowest BCUT2D eigenvalue weighted by atomic mass is 10.3. The lowest BCUT2D eigenvalue weighted by molar-refractivity contribution is 0.413. The van der Waals surface area contributed by atoms with E-state index in [1.165, 1.54) is 30.0 Å². The molecule has 88 valence electrons. The van der Waals surface area contributed by atoms with Crippen molar-refractivity contribution in [1.29, 1.82) is 0 Å². The molecule has 0 saturated carbocycles. The van der Waals surface area contributed by atoms with Crippen LogP contribution in [0.3, 0.4) is 0 Å². The maximum Gasteiger partial charge on any atom is 0.129 e. The van der Waals surface area contributed by atoms with Gasteiger partial charge in [-0.2, -0.15) is 0 Å². The first-order valence-corrected chi connectivity index (χ1v) is 5.84. The van der Waals surface area contributed by atoms with Crippen molar-refractivity contribution in [2.24, 2.45) is 0 Å². The standard InChI is InChI=1S/C13H12O3S/c1-16-10-3-2-4-11(8-10)17-13-7-9(14)5-6-12(13)15/h2-8,14-15H,1H3. The van der Waals surface area contributed by atoms with Crippen LogP contribution >= 0.6 is 11.8 Å². The summed E-state index contributed by atoms with van der Waals surface area (Å²) in [6.45, 7) is 0. The van der Waals surface area contributed by atoms with E-state index in [0.717, 1.165) is 10.6 Å². The van der Waals surface area contributed by atoms with Gasteiger partial charge in [0.2, 0.25) is 0 Å². The zero-order valence-electron chi connectivity index (χ0n) is 9.25. The molecule has 2 aromatic rings. The zero-order valence-corrected chi connectivity index (χ0v) is 10.1. The van der Waals surface area contributed by atoms with Gasteiger partial charge in [-0.05, 0) is 36.4 Å². The number of methoxy groups -OCH3 is 1. The molecule has 2 N–H and O–H groups in total. The fourth-order valence-corrected chi connectivity index (χ4v) is 2.30. The maximum absolute atomic E-state index is 9.66. The van der Waals surface area contributed by atoms with Crippen molar-refractivity contribution >= 4 is 11.8 Å². The molecule has 0 aliphatic heterocycles. The summed E-state index contributed by atoms with van der Waals surface area (Å²) in [7, 11) is 1.61. The van der Waals surface area contributed by atoms with Gasteiger partial charge >= 0.3 is 0 Å². The molecule has 3 nitrogen and oxygen atoms in total. The van der Waals surface area contributed by atoms with Gasteiger partial charge in [-0.1, -0.05) is 17.8 Å². The maximum atomic E-state index is 9.66. The predicted molar refractivity (Wildman–Crippen MR) is 66.9 cm³/mol. The van der Waals surface area contributed by atoms with E-state index in [9.17, 15) is 10.2 Å². The average molecular weight is 248 g/mol. The van der Waals surface area contributed by atoms with Crippen molar-refractivity contribution in [1.82, 2.24) is 0 Å². The number of hydrogen-bond donors (Lipinski definition) is 2. The van der Waals surface area contributed by atoms with Gasteiger partial charge in [-0.3, -0.25) is 0 Å². The number of phenols is 2. The van der Waals surface area contributed by atoms with Crippen LogP contribution in [0.4, 0.5) is 0 Å². The minimum atomic E-state index is 0.133. The molecule has 2 rings (SSSR count). The second kappa shape index (κ2) is 5.01. The van der Waals surface area contributed by atoms with Gasteiger partial charge < -0.3 is 14.9 Å². The molecule has 17 heavy (non-hydrogen) atoms. The molecule has 0 heterocycles. The Morgan fingerprint density at radius 1 is 1.06 bits per heavy atom. The summed E-state index contributed by atoms with van der Waals surface area (Å²) in [6.07, 6.45) is 0. The van der Waals surface area contributed by atoms with Gasteiger partial charge in [-0.15, -0.1) is 0 Å². The van der Waals surface area contributed by atoms with E-state index in [1.807, 2.05) is 24.3 Å². The third-order valence-corrected chi connectivity index (χ3v) is 3.25. The lowest BCUT2D eigenvalue weighted by Gasteiger charge is -2.06. The molecule has 0 amide bonds. The van der Waals surface area contributed by atoms with Crippen LogP contribution in [0.5, 0.6) is 17.2 Å². The van der Waals surface area contributed by atoms with Crippen molar-refractivity contribution in [2.45, 2.75) is 9.79 Å². The average Bonchev–Trinajstić information content (AvgIpc) is 2.34. The minimum absolute atomic E-state index is 0.133. The first-order chi connectivity index (χ1) is 8.19. The summed E-state index contributed by atoms with van der Waals surface area (Å²) >= 11 is 1.37. The topological polar surface area (TPSA) is 49.7 Å². The Hall–Kier alpha value is -1.81. The Kier molecular flexibility index (Phi) is 3.44. The van der Waals surface area contributed by atoms with Crippen LogP contribution in [0.1, 0.15) is 0 Å². The van der Waals surface area contributed by atoms with Crippen molar-refractivity contribution in [3.05, 3.63) is 42.5 Å². The van der Waals surface area contributed by atoms with Gasteiger partial charge in [0.05, 0.1) is 12.0 Å². The highest BCUT2D eigenvalue weighted by Crippen LogP contribution is 2.37. The first kappa shape index (κ1) is 11.7. The SMILES string of the molecule is COc1cccc(Sc2cc(O)ccc2O)c1. The molecule has 4 heteroatoms. The largest absolute Gasteiger partial charge is 0.508 e. The Morgan fingerprint density at radius 2 is 1.88 bits per heavy atom. The molecular formula is C13H12O3S. The normalized spacial score (nSPS) is 10.2. The van der Waals surface area contributed by atoms with Gasteiger partial charge in [0.15, 0.2) is 0 Å². The number of benzene rings is 2. The monoisotopic (exact) mass is 248 g/mol. The lowest BCUT2D eigenvalue weighted by Crippen LogP contribution is -1.82. The molecule has 0 aliphatic carbocycles. The summed E-state index contributed by atoms with van der Waals surface area (Å²) in [4.78, 5) is 1.54. The summed E-state index contributed by atoms with van der Waals surface area (Å²) in [6, 6.07) is 12.0. The Balaban J connectivity index is 2.27. The Bertz CT molecular complexity index is 526. The highest BCUT2D eigenvalue weighted by atomic mass is 32.2. The first-order valence-electron chi connectivity index (χ1n) is 5.03. The number of ether oxygens (including phenoxy) is 1. The molecule has 0 radical (unpaired) electrons. The predicted octanol–water partition coefficient (Wildman–Crippen LogP) is 3.26. The minimum Gasteiger partial charge on any atom is -0.508 e. The van der Waals surface area contributed by atoms with Crippen LogP contribution in [-0.4, -0.2) is 17.3 Å². The van der Waals surface area contributed by atoms with Crippen molar-refractivity contribution < 1.29 is 14.9 Å². The molecular weight excluding hydrogens is 236 g/mol. The molecule has 0 unspecified atom stereocenters. The molecule has 0 aliphatic rings. The Labute approximate surface area is 104 Å². The third-order valence-electron chi connectivity index (χ3n) is 2.21. The highest BCUT2D eigenvalue weighted by Gasteiger charge is 2.05. The molecule has 0 atom stereocenters. The second-order valence-electron chi connectivity index (χ2n) is 3.43. The van der Waals surface area contributed by atoms with Gasteiger partial charge in [0, 0.05) is 4.90 Å². The number of aromatic hydroxyl groups is 2. The second-order valence-corrected chi connectivity index (χ2v) is 4.55. The summed E-state index contributed by atoms with van der Waals surface area (Å²) in [5.41, 5.74) is 0. The van der Waals surface area contributed by atoms with Crippen LogP contribution in [-0.2, 0) is 0 Å². The summed E-state index contributed by atoms with van der Waals surface area (Å²) in [5.74, 6) is 1.04. The Morgan fingerprint density at radius 3 is 2.65 bits per heavy atom. The van der Waals surface area contributed by atoms with Crippen molar-refractivity contribution in [3.8, 4) is 17.2 Å². The molecule has 0 saturated heterocycles. The van der Waals surface area contributed by atoms with Crippen molar-refractivity contribution in [2.75, 3.05) is 7.11 Å². The van der Waals surface area contributed by atoms with Gasteiger partial charge in [-0.25, -0.2) is 0 Å². The molecule has 0 aromatic heterocycles. The fraction of sp³-hybridized carbons (Fsp3) is 0.0769. The van der Waals surface area contributed by atoms with Crippen molar-refractivity contribution in [3.63, 3.8) is 0 Å². The van der Waals surface area contributed by atoms with Crippen LogP contribution < -0.4 is 4.74 Å². The number of phenolic OH excluding ortho intramolecular Hbond substituents is 2. The molecule has 0 fully saturated rings. The zero-order chi connectivity index (χ0) is 12.3. The van der Waals surface area contributed by atoms with E-state index in [2.05, 4.69) is 0 Å². The van der Waals surface area contributed by atoms with Gasteiger partial charge in [0.25, 0.3) is 0 Å². The van der Waals surface area contributed by atoms with E-state index in [1.54, 1.807) is 7.11 Å². The molecule has 2 aromatic carbocycles. The van der Waals surface area contributed by atoms with Gasteiger partial charge in [0.1, 0.15) is 17.2 Å². The number of hydrogen-bond acceptors (Lipinski definition) is 4. The molecule has 0 spiro atoms. The fourth-order valence-electron chi connectivity index (χ4n) is 1.38. The van der Waals surface area contributed by atoms with E-state index in [-0.39, 0.29) is 11.5 Å². The van der Waals surface area contributed by atoms with Crippen LogP contribution in [0.25, 0.3) is 0 Å². The number of rotatable bonds is 3. The van der Waals surface area contributed by atoms with Crippen LogP contribution in [0, 0.1) is 0 Å². The van der Waals surface area contributed by atoms with E-state index in [4.69, 9.17) is 4.74 Å². The highest BCUT2D eigenvalue weighted by molar-refractivity contribution is 7.99. The summed E-state index contributed by atoms with van der Waals surface area (Å²) in [5, 5.41) is 19.0. The molecule has 0 bridgehead atoms. The summed E-state index contributed by atoms with van der Waals surface area (Å²) < 4.78 is 5.12. The van der Waals surface area contributed by atoms with E-state index in [0.29, 0.717) is 4.90 Å². The smallest absolute Gasteiger partial charge is 0.129 e. The van der Waals surface area contributed by atoms with E-state index < -0.39 is 0 Å². The van der Waals surface area contributed by atoms with E-state index >= 15 is 0 Å². The van der Waals surface area contributed by atoms with Crippen LogP contribution in [0.2, 0.25) is 0 Å². The van der Waals surface area contributed by atoms with Crippen LogP contribution in [0.15, 0.2) is 52.3 Å². The third kappa shape index (κ3) is 2.85. The quantitative estimate of drug-likeness (QED) is 0.819.